The second-order valence-corrected chi connectivity index (χ2v) is 8.64. The summed E-state index contributed by atoms with van der Waals surface area (Å²) in [4.78, 5) is 11.8. The van der Waals surface area contributed by atoms with Crippen LogP contribution in [0.1, 0.15) is 41.5 Å². The molecule has 0 aliphatic heterocycles. The normalized spacial score (nSPS) is 13.6. The van der Waals surface area contributed by atoms with Crippen LogP contribution in [0, 0.1) is 0 Å². The molecule has 0 amide bonds. The highest BCUT2D eigenvalue weighted by atomic mass is 31.1. The van der Waals surface area contributed by atoms with E-state index in [1.165, 1.54) is 0 Å². The zero-order chi connectivity index (χ0) is 16.3. The quantitative estimate of drug-likeness (QED) is 0.631. The highest BCUT2D eigenvalue weighted by molar-refractivity contribution is 7.54. The number of ether oxygens (including phenoxy) is 2. The Kier molecular flexibility index (Phi) is 5.63. The van der Waals surface area contributed by atoms with E-state index in [2.05, 4.69) is 0 Å². The summed E-state index contributed by atoms with van der Waals surface area (Å²) >= 11 is 0. The van der Waals surface area contributed by atoms with Crippen LogP contribution in [0.25, 0.3) is 0 Å². The van der Waals surface area contributed by atoms with Gasteiger partial charge in [-0.15, -0.1) is 0 Å². The van der Waals surface area contributed by atoms with Crippen LogP contribution in [-0.4, -0.2) is 23.3 Å². The van der Waals surface area contributed by atoms with Crippen molar-refractivity contribution in [1.82, 2.24) is 0 Å². The summed E-state index contributed by atoms with van der Waals surface area (Å²) in [6.07, 6.45) is -0.105. The van der Waals surface area contributed by atoms with Crippen LogP contribution in [0.3, 0.4) is 0 Å². The lowest BCUT2D eigenvalue weighted by Gasteiger charge is -2.23. The van der Waals surface area contributed by atoms with Crippen LogP contribution in [-0.2, 0) is 14.1 Å². The molecule has 1 atom stereocenters. The second kappa shape index (κ2) is 6.65. The molecule has 0 radical (unpaired) electrons. The van der Waals surface area contributed by atoms with Gasteiger partial charge < -0.3 is 14.0 Å². The van der Waals surface area contributed by atoms with Gasteiger partial charge in [-0.3, -0.25) is 4.79 Å². The average molecular weight is 312 g/mol. The number of benzene rings is 1. The van der Waals surface area contributed by atoms with Gasteiger partial charge in [0.25, 0.3) is 0 Å². The van der Waals surface area contributed by atoms with Crippen molar-refractivity contribution in [3.8, 4) is 5.75 Å². The van der Waals surface area contributed by atoms with Gasteiger partial charge in [-0.1, -0.05) is 12.1 Å². The van der Waals surface area contributed by atoms with Crippen molar-refractivity contribution in [3.63, 3.8) is 0 Å². The Bertz CT molecular complexity index is 524. The number of carbonyl (C=O) groups excluding carboxylic acids is 1. The smallest absolute Gasteiger partial charge is 0.313 e. The van der Waals surface area contributed by atoms with Crippen molar-refractivity contribution in [2.75, 3.05) is 6.16 Å². The number of hydrogen-bond acceptors (Lipinski definition) is 4. The number of para-hydroxylation sites is 1. The first-order valence-electron chi connectivity index (χ1n) is 7.01. The Balaban J connectivity index is 2.86. The molecule has 0 aliphatic carbocycles. The first kappa shape index (κ1) is 17.8. The Labute approximate surface area is 127 Å². The van der Waals surface area contributed by atoms with Crippen molar-refractivity contribution in [1.29, 1.82) is 0 Å². The molecule has 4 nitrogen and oxygen atoms in total. The van der Waals surface area contributed by atoms with Gasteiger partial charge in [0.05, 0.1) is 5.30 Å². The molecular weight excluding hydrogens is 287 g/mol. The molecule has 5 heteroatoms. The number of rotatable bonds is 4. The molecule has 0 saturated heterocycles. The zero-order valence-corrected chi connectivity index (χ0v) is 14.6. The molecule has 0 bridgehead atoms. The highest BCUT2D eigenvalue weighted by Gasteiger charge is 2.22. The van der Waals surface area contributed by atoms with Crippen molar-refractivity contribution in [3.05, 3.63) is 24.3 Å². The van der Waals surface area contributed by atoms with Crippen molar-refractivity contribution in [2.45, 2.75) is 52.7 Å². The topological polar surface area (TPSA) is 52.6 Å². The molecule has 0 spiro atoms. The van der Waals surface area contributed by atoms with Crippen molar-refractivity contribution in [2.24, 2.45) is 0 Å². The largest absolute Gasteiger partial charge is 0.487 e. The molecule has 0 saturated carbocycles. The van der Waals surface area contributed by atoms with Gasteiger partial charge in [0.1, 0.15) is 30.9 Å². The van der Waals surface area contributed by atoms with Gasteiger partial charge in [-0.25, -0.2) is 0 Å². The fourth-order valence-electron chi connectivity index (χ4n) is 1.72. The van der Waals surface area contributed by atoms with Crippen LogP contribution in [0.15, 0.2) is 24.3 Å². The summed E-state index contributed by atoms with van der Waals surface area (Å²) in [6, 6.07) is 7.14. The standard InChI is InChI=1S/C16H25O4P/c1-15(2,3)19-12-9-7-8-10-13(12)21(18)11-14(17)20-16(4,5)6/h7-10,21H,11H2,1-6H3. The molecule has 0 aliphatic rings. The third kappa shape index (κ3) is 6.81. The molecule has 1 aromatic carbocycles. The summed E-state index contributed by atoms with van der Waals surface area (Å²) < 4.78 is 23.5. The average Bonchev–Trinajstić information content (AvgIpc) is 2.24. The number of hydrogen-bond donors (Lipinski definition) is 0. The predicted octanol–water partition coefficient (Wildman–Crippen LogP) is 3.39. The van der Waals surface area contributed by atoms with E-state index >= 15 is 0 Å². The van der Waals surface area contributed by atoms with E-state index < -0.39 is 19.4 Å². The lowest BCUT2D eigenvalue weighted by Crippen LogP contribution is -2.27. The van der Waals surface area contributed by atoms with Crippen LogP contribution >= 0.6 is 7.80 Å². The van der Waals surface area contributed by atoms with Gasteiger partial charge >= 0.3 is 5.97 Å². The van der Waals surface area contributed by atoms with E-state index in [4.69, 9.17) is 9.47 Å². The minimum Gasteiger partial charge on any atom is -0.487 e. The lowest BCUT2D eigenvalue weighted by atomic mass is 10.2. The molecule has 0 heterocycles. The Hall–Kier alpha value is -1.28. The monoisotopic (exact) mass is 312 g/mol. The Morgan fingerprint density at radius 1 is 1.05 bits per heavy atom. The van der Waals surface area contributed by atoms with Gasteiger partial charge in [0.2, 0.25) is 0 Å². The van der Waals surface area contributed by atoms with Crippen molar-refractivity contribution >= 4 is 19.1 Å². The number of carbonyl (C=O) groups is 1. The maximum atomic E-state index is 12.5. The summed E-state index contributed by atoms with van der Waals surface area (Å²) in [5.74, 6) is 0.120. The van der Waals surface area contributed by atoms with E-state index in [1.807, 2.05) is 26.8 Å². The van der Waals surface area contributed by atoms with E-state index in [0.717, 1.165) is 0 Å². The minimum absolute atomic E-state index is 0.105. The Morgan fingerprint density at radius 3 is 2.14 bits per heavy atom. The summed E-state index contributed by atoms with van der Waals surface area (Å²) in [5.41, 5.74) is -0.954. The van der Waals surface area contributed by atoms with Gasteiger partial charge in [0, 0.05) is 0 Å². The third-order valence-corrected chi connectivity index (χ3v) is 3.95. The molecule has 21 heavy (non-hydrogen) atoms. The molecule has 1 aromatic rings. The summed E-state index contributed by atoms with van der Waals surface area (Å²) in [5, 5.41) is 0.586. The minimum atomic E-state index is -2.29. The highest BCUT2D eigenvalue weighted by Crippen LogP contribution is 2.28. The fourth-order valence-corrected chi connectivity index (χ4v) is 2.94. The zero-order valence-electron chi connectivity index (χ0n) is 13.6. The number of esters is 1. The molecule has 1 unspecified atom stereocenters. The van der Waals surface area contributed by atoms with Crippen LogP contribution in [0.2, 0.25) is 0 Å². The molecule has 1 rings (SSSR count). The maximum Gasteiger partial charge on any atom is 0.313 e. The van der Waals surface area contributed by atoms with Crippen LogP contribution < -0.4 is 10.0 Å². The van der Waals surface area contributed by atoms with Crippen LogP contribution in [0.5, 0.6) is 5.75 Å². The molecule has 0 fully saturated rings. The maximum absolute atomic E-state index is 12.5. The van der Waals surface area contributed by atoms with E-state index in [-0.39, 0.29) is 11.8 Å². The van der Waals surface area contributed by atoms with E-state index in [9.17, 15) is 9.36 Å². The predicted molar refractivity (Wildman–Crippen MR) is 86.2 cm³/mol. The fraction of sp³-hybridized carbons (Fsp3) is 0.562. The second-order valence-electron chi connectivity index (χ2n) is 6.90. The van der Waals surface area contributed by atoms with Gasteiger partial charge in [-0.05, 0) is 53.7 Å². The van der Waals surface area contributed by atoms with Crippen molar-refractivity contribution < 1.29 is 18.8 Å². The van der Waals surface area contributed by atoms with Gasteiger partial charge in [-0.2, -0.15) is 0 Å². The summed E-state index contributed by atoms with van der Waals surface area (Å²) in [7, 11) is -2.29. The Morgan fingerprint density at radius 2 is 1.62 bits per heavy atom. The molecule has 0 N–H and O–H groups in total. The van der Waals surface area contributed by atoms with Crippen LogP contribution in [0.4, 0.5) is 0 Å². The van der Waals surface area contributed by atoms with Gasteiger partial charge in [0.15, 0.2) is 0 Å². The lowest BCUT2D eigenvalue weighted by molar-refractivity contribution is -0.151. The molecular formula is C16H25O4P. The molecule has 0 aromatic heterocycles. The third-order valence-electron chi connectivity index (χ3n) is 2.33. The SMILES string of the molecule is CC(C)(C)OC(=O)C[PH](=O)c1ccccc1OC(C)(C)C. The summed E-state index contributed by atoms with van der Waals surface area (Å²) in [6.45, 7) is 11.1. The molecule has 118 valence electrons. The first-order chi connectivity index (χ1) is 9.48. The van der Waals surface area contributed by atoms with E-state index in [1.54, 1.807) is 39.0 Å². The van der Waals surface area contributed by atoms with E-state index in [0.29, 0.717) is 11.1 Å². The first-order valence-corrected chi connectivity index (χ1v) is 8.62.